The Hall–Kier alpha value is -2.83. The van der Waals surface area contributed by atoms with Gasteiger partial charge in [0.15, 0.2) is 0 Å². The lowest BCUT2D eigenvalue weighted by Crippen LogP contribution is -2.16. The number of amides is 1. The van der Waals surface area contributed by atoms with Gasteiger partial charge in [0.05, 0.1) is 34.8 Å². The van der Waals surface area contributed by atoms with E-state index in [2.05, 4.69) is 15.6 Å². The van der Waals surface area contributed by atoms with Gasteiger partial charge in [-0.1, -0.05) is 23.2 Å². The molecule has 8 heteroatoms. The second-order valence-corrected chi connectivity index (χ2v) is 7.18. The van der Waals surface area contributed by atoms with Gasteiger partial charge in [0.2, 0.25) is 5.88 Å². The topological polar surface area (TPSA) is 63.2 Å². The number of ether oxygens (including phenoxy) is 1. The maximum atomic E-state index is 13.4. The predicted octanol–water partition coefficient (Wildman–Crippen LogP) is 6.15. The van der Waals surface area contributed by atoms with Crippen LogP contribution in [-0.2, 0) is 0 Å². The van der Waals surface area contributed by atoms with Gasteiger partial charge in [-0.05, 0) is 55.8 Å². The number of carbonyl (C=O) groups is 1. The Balaban J connectivity index is 1.94. The van der Waals surface area contributed by atoms with E-state index in [9.17, 15) is 9.18 Å². The molecule has 0 saturated carbocycles. The molecule has 1 aromatic heterocycles. The molecule has 3 rings (SSSR count). The Morgan fingerprint density at radius 3 is 2.45 bits per heavy atom. The van der Waals surface area contributed by atoms with Crippen LogP contribution in [0.15, 0.2) is 42.5 Å². The number of rotatable bonds is 5. The first-order chi connectivity index (χ1) is 13.8. The van der Waals surface area contributed by atoms with Crippen LogP contribution >= 0.6 is 23.2 Å². The molecule has 1 amide bonds. The number of aromatic nitrogens is 1. The number of carbonyl (C=O) groups excluding carboxylic acids is 1. The largest absolute Gasteiger partial charge is 0.481 e. The van der Waals surface area contributed by atoms with Crippen LogP contribution in [0.25, 0.3) is 0 Å². The van der Waals surface area contributed by atoms with E-state index in [0.29, 0.717) is 49.8 Å². The zero-order valence-corrected chi connectivity index (χ0v) is 17.5. The summed E-state index contributed by atoms with van der Waals surface area (Å²) in [6.45, 7) is 3.48. The molecule has 0 saturated heterocycles. The minimum Gasteiger partial charge on any atom is -0.481 e. The van der Waals surface area contributed by atoms with E-state index in [1.54, 1.807) is 32.0 Å². The van der Waals surface area contributed by atoms with Crippen molar-refractivity contribution in [1.29, 1.82) is 0 Å². The fourth-order valence-corrected chi connectivity index (χ4v) is 3.22. The average Bonchev–Trinajstić information content (AvgIpc) is 2.67. The van der Waals surface area contributed by atoms with Crippen molar-refractivity contribution in [2.75, 3.05) is 17.7 Å². The first-order valence-electron chi connectivity index (χ1n) is 8.63. The number of halogens is 3. The molecule has 0 radical (unpaired) electrons. The summed E-state index contributed by atoms with van der Waals surface area (Å²) in [4.78, 5) is 17.2. The number of hydrogen-bond donors (Lipinski definition) is 2. The summed E-state index contributed by atoms with van der Waals surface area (Å²) < 4.78 is 18.5. The SMILES string of the molecule is COc1cc(Cl)c(NC(=O)c2cc(Cl)ccc2Nc2ccc(F)cc2C)c(C)n1. The van der Waals surface area contributed by atoms with Crippen LogP contribution in [0.2, 0.25) is 10.0 Å². The van der Waals surface area contributed by atoms with Crippen molar-refractivity contribution in [3.63, 3.8) is 0 Å². The van der Waals surface area contributed by atoms with E-state index in [1.165, 1.54) is 31.4 Å². The Morgan fingerprint density at radius 2 is 1.79 bits per heavy atom. The fraction of sp³-hybridized carbons (Fsp3) is 0.143. The summed E-state index contributed by atoms with van der Waals surface area (Å²) >= 11 is 12.4. The summed E-state index contributed by atoms with van der Waals surface area (Å²) in [5.74, 6) is -0.409. The molecule has 0 aliphatic heterocycles. The molecule has 150 valence electrons. The summed E-state index contributed by atoms with van der Waals surface area (Å²) in [7, 11) is 1.48. The van der Waals surface area contributed by atoms with Crippen LogP contribution in [0.5, 0.6) is 5.88 Å². The predicted molar refractivity (Wildman–Crippen MR) is 114 cm³/mol. The van der Waals surface area contributed by atoms with E-state index in [1.807, 2.05) is 0 Å². The van der Waals surface area contributed by atoms with Gasteiger partial charge in [-0.2, -0.15) is 0 Å². The molecule has 0 aliphatic carbocycles. The average molecular weight is 434 g/mol. The first kappa shape index (κ1) is 20.9. The summed E-state index contributed by atoms with van der Waals surface area (Å²) in [5.41, 5.74) is 3.06. The third-order valence-corrected chi connectivity index (χ3v) is 4.79. The minimum atomic E-state index is -0.424. The lowest BCUT2D eigenvalue weighted by atomic mass is 10.1. The Labute approximate surface area is 177 Å². The van der Waals surface area contributed by atoms with Gasteiger partial charge in [0, 0.05) is 16.8 Å². The molecular weight excluding hydrogens is 416 g/mol. The van der Waals surface area contributed by atoms with Crippen molar-refractivity contribution in [1.82, 2.24) is 4.98 Å². The van der Waals surface area contributed by atoms with E-state index in [4.69, 9.17) is 27.9 Å². The van der Waals surface area contributed by atoms with Gasteiger partial charge in [0.25, 0.3) is 5.91 Å². The van der Waals surface area contributed by atoms with Crippen LogP contribution < -0.4 is 15.4 Å². The lowest BCUT2D eigenvalue weighted by Gasteiger charge is -2.16. The highest BCUT2D eigenvalue weighted by atomic mass is 35.5. The molecule has 3 aromatic rings. The van der Waals surface area contributed by atoms with Crippen molar-refractivity contribution in [2.24, 2.45) is 0 Å². The number of benzene rings is 2. The monoisotopic (exact) mass is 433 g/mol. The maximum absolute atomic E-state index is 13.4. The number of nitrogens with zero attached hydrogens (tertiary/aromatic N) is 1. The number of anilines is 3. The quantitative estimate of drug-likeness (QED) is 0.506. The highest BCUT2D eigenvalue weighted by Crippen LogP contribution is 2.31. The molecule has 5 nitrogen and oxygen atoms in total. The Bertz CT molecular complexity index is 1070. The third-order valence-electron chi connectivity index (χ3n) is 4.26. The fourth-order valence-electron chi connectivity index (χ4n) is 2.77. The van der Waals surface area contributed by atoms with Crippen molar-refractivity contribution >= 4 is 46.2 Å². The molecule has 0 spiro atoms. The van der Waals surface area contributed by atoms with Gasteiger partial charge in [-0.25, -0.2) is 9.37 Å². The van der Waals surface area contributed by atoms with Gasteiger partial charge >= 0.3 is 0 Å². The third kappa shape index (κ3) is 4.78. The van der Waals surface area contributed by atoms with E-state index in [0.717, 1.165) is 0 Å². The van der Waals surface area contributed by atoms with Crippen LogP contribution in [0.1, 0.15) is 21.6 Å². The minimum absolute atomic E-state index is 0.299. The van der Waals surface area contributed by atoms with Crippen LogP contribution in [0.4, 0.5) is 21.5 Å². The zero-order valence-electron chi connectivity index (χ0n) is 15.9. The van der Waals surface area contributed by atoms with E-state index < -0.39 is 5.91 Å². The molecule has 0 bridgehead atoms. The number of methoxy groups -OCH3 is 1. The molecular formula is C21H18Cl2FN3O2. The van der Waals surface area contributed by atoms with Gasteiger partial charge < -0.3 is 15.4 Å². The summed E-state index contributed by atoms with van der Waals surface area (Å²) in [6, 6.07) is 10.8. The van der Waals surface area contributed by atoms with Crippen LogP contribution in [-0.4, -0.2) is 18.0 Å². The summed E-state index contributed by atoms with van der Waals surface area (Å²) in [6.07, 6.45) is 0. The van der Waals surface area contributed by atoms with Gasteiger partial charge in [-0.3, -0.25) is 4.79 Å². The van der Waals surface area contributed by atoms with E-state index in [-0.39, 0.29) is 5.82 Å². The molecule has 0 aliphatic rings. The second kappa shape index (κ2) is 8.68. The Kier molecular flexibility index (Phi) is 6.25. The molecule has 2 N–H and O–H groups in total. The van der Waals surface area contributed by atoms with Gasteiger partial charge in [0.1, 0.15) is 5.82 Å². The lowest BCUT2D eigenvalue weighted by molar-refractivity contribution is 0.102. The molecule has 0 fully saturated rings. The zero-order chi connectivity index (χ0) is 21.1. The smallest absolute Gasteiger partial charge is 0.257 e. The highest BCUT2D eigenvalue weighted by molar-refractivity contribution is 6.34. The maximum Gasteiger partial charge on any atom is 0.257 e. The van der Waals surface area contributed by atoms with E-state index >= 15 is 0 Å². The Morgan fingerprint density at radius 1 is 1.07 bits per heavy atom. The van der Waals surface area contributed by atoms with Crippen LogP contribution in [0.3, 0.4) is 0 Å². The first-order valence-corrected chi connectivity index (χ1v) is 9.39. The number of pyridine rings is 1. The number of aryl methyl sites for hydroxylation is 2. The standard InChI is InChI=1S/C21H18Cl2FN3O2/c1-11-8-14(24)5-7-17(11)26-18-6-4-13(22)9-15(18)21(28)27-20-12(2)25-19(29-3)10-16(20)23/h4-10,26H,1-3H3,(H,27,28). The molecule has 29 heavy (non-hydrogen) atoms. The highest BCUT2D eigenvalue weighted by Gasteiger charge is 2.17. The van der Waals surface area contributed by atoms with Crippen molar-refractivity contribution in [2.45, 2.75) is 13.8 Å². The van der Waals surface area contributed by atoms with Crippen molar-refractivity contribution < 1.29 is 13.9 Å². The van der Waals surface area contributed by atoms with Gasteiger partial charge in [-0.15, -0.1) is 0 Å². The number of hydrogen-bond acceptors (Lipinski definition) is 4. The van der Waals surface area contributed by atoms with Crippen LogP contribution in [0, 0.1) is 19.7 Å². The number of nitrogens with one attached hydrogen (secondary N) is 2. The van der Waals surface area contributed by atoms with Crippen molar-refractivity contribution in [3.05, 3.63) is 75.1 Å². The molecule has 1 heterocycles. The molecule has 2 aromatic carbocycles. The van der Waals surface area contributed by atoms with Crippen molar-refractivity contribution in [3.8, 4) is 5.88 Å². The second-order valence-electron chi connectivity index (χ2n) is 6.34. The summed E-state index contributed by atoms with van der Waals surface area (Å²) in [5, 5.41) is 6.63. The molecule has 0 atom stereocenters. The normalized spacial score (nSPS) is 10.6. The molecule has 0 unspecified atom stereocenters.